The second kappa shape index (κ2) is 9.16. The number of furan rings is 1. The minimum atomic E-state index is -0.0719. The molecule has 1 amide bonds. The monoisotopic (exact) mass is 429 g/mol. The van der Waals surface area contributed by atoms with Crippen LogP contribution in [0.4, 0.5) is 5.13 Å². The highest BCUT2D eigenvalue weighted by Crippen LogP contribution is 2.33. The summed E-state index contributed by atoms with van der Waals surface area (Å²) in [4.78, 5) is 22.3. The van der Waals surface area contributed by atoms with Crippen LogP contribution in [0.2, 0.25) is 0 Å². The molecule has 3 aromatic rings. The molecule has 0 N–H and O–H groups in total. The number of carbonyl (C=O) groups is 1. The number of aromatic nitrogens is 1. The minimum absolute atomic E-state index is 0.0719. The van der Waals surface area contributed by atoms with Crippen molar-refractivity contribution >= 4 is 32.6 Å². The second-order valence-corrected chi connectivity index (χ2v) is 8.43. The van der Waals surface area contributed by atoms with Crippen molar-refractivity contribution in [2.24, 2.45) is 0 Å². The Kier molecular flexibility index (Phi) is 6.36. The standard InChI is InChI=1S/C22H27N3O4S/c1-15-13-18(16(2)29-15)21(26)25(8-4-7-24-9-11-28-12-10-24)22-23-19-6-5-17(27-3)14-20(19)30-22/h5-6,13-14H,4,7-12H2,1-3H3. The number of methoxy groups -OCH3 is 1. The molecule has 4 rings (SSSR count). The van der Waals surface area contributed by atoms with E-state index in [4.69, 9.17) is 18.9 Å². The van der Waals surface area contributed by atoms with Gasteiger partial charge in [0.25, 0.3) is 5.91 Å². The summed E-state index contributed by atoms with van der Waals surface area (Å²) in [6.45, 7) is 8.63. The van der Waals surface area contributed by atoms with E-state index in [1.54, 1.807) is 12.0 Å². The second-order valence-electron chi connectivity index (χ2n) is 7.42. The van der Waals surface area contributed by atoms with Gasteiger partial charge in [-0.15, -0.1) is 0 Å². The summed E-state index contributed by atoms with van der Waals surface area (Å²) in [5, 5.41) is 0.698. The number of benzene rings is 1. The first-order valence-electron chi connectivity index (χ1n) is 10.2. The first-order chi connectivity index (χ1) is 14.5. The molecule has 1 aliphatic heterocycles. The number of fused-ring (bicyclic) bond motifs is 1. The molecule has 0 radical (unpaired) electrons. The van der Waals surface area contributed by atoms with Crippen LogP contribution in [0.15, 0.2) is 28.7 Å². The molecule has 0 saturated carbocycles. The smallest absolute Gasteiger partial charge is 0.263 e. The third-order valence-electron chi connectivity index (χ3n) is 5.29. The third kappa shape index (κ3) is 4.50. The van der Waals surface area contributed by atoms with E-state index < -0.39 is 0 Å². The van der Waals surface area contributed by atoms with Gasteiger partial charge in [0.05, 0.1) is 36.1 Å². The van der Waals surface area contributed by atoms with E-state index in [0.29, 0.717) is 23.0 Å². The van der Waals surface area contributed by atoms with Gasteiger partial charge in [0, 0.05) is 26.2 Å². The number of carbonyl (C=O) groups excluding carboxylic acids is 1. The van der Waals surface area contributed by atoms with Crippen LogP contribution in [0.5, 0.6) is 5.75 Å². The summed E-state index contributed by atoms with van der Waals surface area (Å²) >= 11 is 1.51. The Balaban J connectivity index is 1.59. The van der Waals surface area contributed by atoms with Crippen LogP contribution in [-0.2, 0) is 4.74 Å². The Labute approximate surface area is 180 Å². The third-order valence-corrected chi connectivity index (χ3v) is 6.33. The van der Waals surface area contributed by atoms with Crippen molar-refractivity contribution in [2.45, 2.75) is 20.3 Å². The van der Waals surface area contributed by atoms with Crippen molar-refractivity contribution in [1.82, 2.24) is 9.88 Å². The predicted octanol–water partition coefficient (Wildman–Crippen LogP) is 3.88. The number of ether oxygens (including phenoxy) is 2. The normalized spacial score (nSPS) is 14.9. The van der Waals surface area contributed by atoms with Crippen LogP contribution in [0.3, 0.4) is 0 Å². The minimum Gasteiger partial charge on any atom is -0.497 e. The summed E-state index contributed by atoms with van der Waals surface area (Å²) in [6.07, 6.45) is 0.862. The van der Waals surface area contributed by atoms with Gasteiger partial charge in [-0.1, -0.05) is 11.3 Å². The molecule has 1 aromatic carbocycles. The summed E-state index contributed by atoms with van der Waals surface area (Å²) in [7, 11) is 1.65. The van der Waals surface area contributed by atoms with Gasteiger partial charge in [0.1, 0.15) is 17.3 Å². The Morgan fingerprint density at radius 3 is 2.77 bits per heavy atom. The fourth-order valence-corrected chi connectivity index (χ4v) is 4.70. The van der Waals surface area contributed by atoms with Crippen LogP contribution in [-0.4, -0.2) is 62.3 Å². The molecule has 1 aliphatic rings. The van der Waals surface area contributed by atoms with Gasteiger partial charge in [-0.3, -0.25) is 14.6 Å². The van der Waals surface area contributed by atoms with Crippen molar-refractivity contribution < 1.29 is 18.7 Å². The van der Waals surface area contributed by atoms with E-state index in [-0.39, 0.29) is 5.91 Å². The fourth-order valence-electron chi connectivity index (χ4n) is 3.69. The zero-order valence-corrected chi connectivity index (χ0v) is 18.5. The number of morpholine rings is 1. The van der Waals surface area contributed by atoms with E-state index in [1.165, 1.54) is 11.3 Å². The number of thiazole rings is 1. The fraction of sp³-hybridized carbons (Fsp3) is 0.455. The molecule has 3 heterocycles. The molecule has 0 unspecified atom stereocenters. The van der Waals surface area contributed by atoms with Gasteiger partial charge in [-0.25, -0.2) is 4.98 Å². The number of hydrogen-bond acceptors (Lipinski definition) is 7. The summed E-state index contributed by atoms with van der Waals surface area (Å²) in [5.74, 6) is 2.08. The molecule has 2 aromatic heterocycles. The van der Waals surface area contributed by atoms with Crippen molar-refractivity contribution in [3.8, 4) is 5.75 Å². The zero-order chi connectivity index (χ0) is 21.1. The van der Waals surface area contributed by atoms with Crippen LogP contribution in [0, 0.1) is 13.8 Å². The lowest BCUT2D eigenvalue weighted by molar-refractivity contribution is 0.0376. The van der Waals surface area contributed by atoms with Crippen molar-refractivity contribution in [2.75, 3.05) is 51.4 Å². The molecule has 0 aliphatic carbocycles. The Bertz CT molecular complexity index is 1020. The number of hydrogen-bond donors (Lipinski definition) is 0. The number of aryl methyl sites for hydroxylation is 2. The topological polar surface area (TPSA) is 68.0 Å². The lowest BCUT2D eigenvalue weighted by Crippen LogP contribution is -2.39. The highest BCUT2D eigenvalue weighted by Gasteiger charge is 2.25. The van der Waals surface area contributed by atoms with E-state index in [1.807, 2.05) is 38.1 Å². The van der Waals surface area contributed by atoms with Gasteiger partial charge in [0.2, 0.25) is 0 Å². The van der Waals surface area contributed by atoms with Crippen LogP contribution in [0.25, 0.3) is 10.2 Å². The predicted molar refractivity (Wildman–Crippen MR) is 118 cm³/mol. The van der Waals surface area contributed by atoms with Crippen molar-refractivity contribution in [3.63, 3.8) is 0 Å². The highest BCUT2D eigenvalue weighted by atomic mass is 32.1. The average Bonchev–Trinajstić information content (AvgIpc) is 3.33. The first kappa shape index (κ1) is 20.8. The van der Waals surface area contributed by atoms with E-state index in [0.717, 1.165) is 61.0 Å². The summed E-state index contributed by atoms with van der Waals surface area (Å²) in [6, 6.07) is 7.58. The van der Waals surface area contributed by atoms with Gasteiger partial charge in [0.15, 0.2) is 5.13 Å². The molecule has 1 saturated heterocycles. The molecule has 1 fully saturated rings. The number of rotatable bonds is 7. The average molecular weight is 430 g/mol. The maximum atomic E-state index is 13.4. The SMILES string of the molecule is COc1ccc2nc(N(CCCN3CCOCC3)C(=O)c3cc(C)oc3C)sc2c1. The number of nitrogens with zero attached hydrogens (tertiary/aromatic N) is 3. The maximum Gasteiger partial charge on any atom is 0.263 e. The van der Waals surface area contributed by atoms with Crippen LogP contribution in [0.1, 0.15) is 28.3 Å². The Morgan fingerprint density at radius 2 is 2.07 bits per heavy atom. The molecular weight excluding hydrogens is 402 g/mol. The van der Waals surface area contributed by atoms with E-state index in [2.05, 4.69) is 4.90 Å². The van der Waals surface area contributed by atoms with Crippen LogP contribution < -0.4 is 9.64 Å². The zero-order valence-electron chi connectivity index (χ0n) is 17.6. The largest absolute Gasteiger partial charge is 0.497 e. The van der Waals surface area contributed by atoms with Gasteiger partial charge in [-0.2, -0.15) is 0 Å². The molecule has 0 spiro atoms. The van der Waals surface area contributed by atoms with Gasteiger partial charge < -0.3 is 13.9 Å². The molecule has 7 nitrogen and oxygen atoms in total. The lowest BCUT2D eigenvalue weighted by Gasteiger charge is -2.27. The van der Waals surface area contributed by atoms with Crippen molar-refractivity contribution in [3.05, 3.63) is 41.3 Å². The number of anilines is 1. The first-order valence-corrected chi connectivity index (χ1v) is 11.0. The van der Waals surface area contributed by atoms with Crippen molar-refractivity contribution in [1.29, 1.82) is 0 Å². The van der Waals surface area contributed by atoms with E-state index in [9.17, 15) is 4.79 Å². The molecule has 160 valence electrons. The summed E-state index contributed by atoms with van der Waals surface area (Å²) < 4.78 is 17.4. The Morgan fingerprint density at radius 1 is 1.27 bits per heavy atom. The quantitative estimate of drug-likeness (QED) is 0.568. The van der Waals surface area contributed by atoms with Gasteiger partial charge in [-0.05, 0) is 44.5 Å². The summed E-state index contributed by atoms with van der Waals surface area (Å²) in [5.41, 5.74) is 1.46. The maximum absolute atomic E-state index is 13.4. The molecule has 30 heavy (non-hydrogen) atoms. The highest BCUT2D eigenvalue weighted by molar-refractivity contribution is 7.22. The molecular formula is C22H27N3O4S. The Hall–Kier alpha value is -2.42. The van der Waals surface area contributed by atoms with Crippen LogP contribution >= 0.6 is 11.3 Å². The van der Waals surface area contributed by atoms with E-state index >= 15 is 0 Å². The van der Waals surface area contributed by atoms with Gasteiger partial charge >= 0.3 is 0 Å². The molecule has 8 heteroatoms. The molecule has 0 atom stereocenters. The molecule has 0 bridgehead atoms. The lowest BCUT2D eigenvalue weighted by atomic mass is 10.2. The number of amides is 1.